The van der Waals surface area contributed by atoms with Crippen LogP contribution in [0.5, 0.6) is 0 Å². The van der Waals surface area contributed by atoms with Crippen molar-refractivity contribution in [2.45, 2.75) is 17.4 Å². The predicted molar refractivity (Wildman–Crippen MR) is 74.0 cm³/mol. The highest BCUT2D eigenvalue weighted by Gasteiger charge is 2.26. The van der Waals surface area contributed by atoms with Crippen molar-refractivity contribution < 1.29 is 18.3 Å². The minimum atomic E-state index is -3.73. The van der Waals surface area contributed by atoms with Gasteiger partial charge in [-0.05, 0) is 38.2 Å². The van der Waals surface area contributed by atoms with Gasteiger partial charge in [0.05, 0.1) is 11.3 Å². The third-order valence-electron chi connectivity index (χ3n) is 3.26. The van der Waals surface area contributed by atoms with Gasteiger partial charge < -0.3 is 15.7 Å². The normalized spacial score (nSPS) is 20.1. The second-order valence-corrected chi connectivity index (χ2v) is 6.61. The summed E-state index contributed by atoms with van der Waals surface area (Å²) in [6.07, 6.45) is 0.739. The van der Waals surface area contributed by atoms with Crippen LogP contribution in [0.4, 0.5) is 5.69 Å². The average Bonchev–Trinajstić information content (AvgIpc) is 2.73. The number of nitrogens with zero attached hydrogens (tertiary/aromatic N) is 1. The van der Waals surface area contributed by atoms with Crippen molar-refractivity contribution in [2.24, 2.45) is 0 Å². The summed E-state index contributed by atoms with van der Waals surface area (Å²) in [4.78, 5) is 12.7. The molecule has 7 nitrogen and oxygen atoms in total. The Kier molecular flexibility index (Phi) is 3.98. The number of likely N-dealkylation sites (N-methyl/N-ethyl adjacent to an activating group) is 1. The molecule has 0 amide bonds. The number of likely N-dealkylation sites (tertiary alicyclic amines) is 1. The molecule has 8 heteroatoms. The van der Waals surface area contributed by atoms with Gasteiger partial charge in [-0.15, -0.1) is 0 Å². The van der Waals surface area contributed by atoms with Crippen molar-refractivity contribution in [3.05, 3.63) is 23.8 Å². The maximum absolute atomic E-state index is 12.2. The number of sulfonamides is 1. The van der Waals surface area contributed by atoms with Crippen LogP contribution < -0.4 is 10.5 Å². The molecule has 20 heavy (non-hydrogen) atoms. The lowest BCUT2D eigenvalue weighted by Gasteiger charge is -2.14. The SMILES string of the molecule is CN1CCC(NS(=O)(=O)c2ccc(C(=O)O)cc2N)C1. The molecule has 1 aliphatic heterocycles. The fraction of sp³-hybridized carbons (Fsp3) is 0.417. The molecule has 1 aliphatic rings. The van der Waals surface area contributed by atoms with E-state index < -0.39 is 16.0 Å². The third-order valence-corrected chi connectivity index (χ3v) is 4.85. The summed E-state index contributed by atoms with van der Waals surface area (Å²) in [6, 6.07) is 3.45. The van der Waals surface area contributed by atoms with E-state index in [1.165, 1.54) is 12.1 Å². The van der Waals surface area contributed by atoms with E-state index in [0.29, 0.717) is 6.54 Å². The number of carboxylic acid groups (broad SMARTS) is 1. The topological polar surface area (TPSA) is 113 Å². The second kappa shape index (κ2) is 5.39. The molecule has 2 rings (SSSR count). The third kappa shape index (κ3) is 3.09. The molecule has 1 aromatic carbocycles. The van der Waals surface area contributed by atoms with Crippen LogP contribution in [0.3, 0.4) is 0 Å². The van der Waals surface area contributed by atoms with Gasteiger partial charge in [-0.25, -0.2) is 17.9 Å². The van der Waals surface area contributed by atoms with Crippen LogP contribution >= 0.6 is 0 Å². The summed E-state index contributed by atoms with van der Waals surface area (Å²) in [6.45, 7) is 1.48. The van der Waals surface area contributed by atoms with Gasteiger partial charge in [-0.1, -0.05) is 0 Å². The molecule has 1 heterocycles. The minimum absolute atomic E-state index is 0.0398. The fourth-order valence-electron chi connectivity index (χ4n) is 2.24. The largest absolute Gasteiger partial charge is 0.478 e. The summed E-state index contributed by atoms with van der Waals surface area (Å²) in [5, 5.41) is 8.84. The monoisotopic (exact) mass is 299 g/mol. The number of hydrogen-bond acceptors (Lipinski definition) is 5. The van der Waals surface area contributed by atoms with E-state index in [2.05, 4.69) is 4.72 Å². The molecule has 0 saturated carbocycles. The standard InChI is InChI=1S/C12H17N3O4S/c1-15-5-4-9(7-15)14-20(18,19)11-3-2-8(12(16)17)6-10(11)13/h2-3,6,9,14H,4-5,7,13H2,1H3,(H,16,17). The highest BCUT2D eigenvalue weighted by atomic mass is 32.2. The summed E-state index contributed by atoms with van der Waals surface area (Å²) < 4.78 is 27.1. The van der Waals surface area contributed by atoms with Crippen molar-refractivity contribution in [1.82, 2.24) is 9.62 Å². The van der Waals surface area contributed by atoms with Crippen molar-refractivity contribution in [3.63, 3.8) is 0 Å². The Labute approximate surface area is 117 Å². The first kappa shape index (κ1) is 14.8. The van der Waals surface area contributed by atoms with Gasteiger partial charge in [0.25, 0.3) is 0 Å². The lowest BCUT2D eigenvalue weighted by atomic mass is 10.2. The molecule has 1 unspecified atom stereocenters. The number of nitrogens with one attached hydrogen (secondary N) is 1. The summed E-state index contributed by atoms with van der Waals surface area (Å²) in [5.41, 5.74) is 5.55. The minimum Gasteiger partial charge on any atom is -0.478 e. The van der Waals surface area contributed by atoms with Gasteiger partial charge in [0, 0.05) is 12.6 Å². The van der Waals surface area contributed by atoms with Crippen molar-refractivity contribution >= 4 is 21.7 Å². The highest BCUT2D eigenvalue weighted by Crippen LogP contribution is 2.21. The molecule has 0 aliphatic carbocycles. The number of aromatic carboxylic acids is 1. The summed E-state index contributed by atoms with van der Waals surface area (Å²) in [7, 11) is -1.81. The number of hydrogen-bond donors (Lipinski definition) is 3. The predicted octanol–water partition coefficient (Wildman–Crippen LogP) is -0.0506. The Bertz CT molecular complexity index is 630. The first-order valence-electron chi connectivity index (χ1n) is 6.13. The number of carboxylic acids is 1. The second-order valence-electron chi connectivity index (χ2n) is 4.93. The Morgan fingerprint density at radius 2 is 2.20 bits per heavy atom. The molecule has 0 radical (unpaired) electrons. The first-order valence-corrected chi connectivity index (χ1v) is 7.61. The first-order chi connectivity index (χ1) is 9.29. The zero-order valence-corrected chi connectivity index (χ0v) is 11.9. The van der Waals surface area contributed by atoms with Crippen molar-refractivity contribution in [3.8, 4) is 0 Å². The smallest absolute Gasteiger partial charge is 0.335 e. The van der Waals surface area contributed by atoms with Crippen LogP contribution in [0.15, 0.2) is 23.1 Å². The van der Waals surface area contributed by atoms with E-state index in [1.54, 1.807) is 0 Å². The van der Waals surface area contributed by atoms with Crippen molar-refractivity contribution in [2.75, 3.05) is 25.9 Å². The van der Waals surface area contributed by atoms with E-state index in [0.717, 1.165) is 19.0 Å². The molecule has 1 aromatic rings. The van der Waals surface area contributed by atoms with Crippen LogP contribution in [0.25, 0.3) is 0 Å². The van der Waals surface area contributed by atoms with E-state index in [-0.39, 0.29) is 22.2 Å². The van der Waals surface area contributed by atoms with E-state index in [9.17, 15) is 13.2 Å². The zero-order chi connectivity index (χ0) is 14.9. The van der Waals surface area contributed by atoms with Gasteiger partial charge in [0.1, 0.15) is 4.90 Å². The zero-order valence-electron chi connectivity index (χ0n) is 11.0. The molecule has 1 fully saturated rings. The van der Waals surface area contributed by atoms with Gasteiger partial charge in [0.15, 0.2) is 0 Å². The maximum Gasteiger partial charge on any atom is 0.335 e. The van der Waals surface area contributed by atoms with Gasteiger partial charge in [0.2, 0.25) is 10.0 Å². The van der Waals surface area contributed by atoms with E-state index >= 15 is 0 Å². The molecule has 0 spiro atoms. The molecular weight excluding hydrogens is 282 g/mol. The van der Waals surface area contributed by atoms with E-state index in [4.69, 9.17) is 10.8 Å². The Morgan fingerprint density at radius 3 is 2.70 bits per heavy atom. The van der Waals surface area contributed by atoms with Gasteiger partial charge in [-0.2, -0.15) is 0 Å². The van der Waals surface area contributed by atoms with Crippen LogP contribution in [-0.2, 0) is 10.0 Å². The highest BCUT2D eigenvalue weighted by molar-refractivity contribution is 7.89. The molecule has 0 bridgehead atoms. The lowest BCUT2D eigenvalue weighted by Crippen LogP contribution is -2.36. The molecular formula is C12H17N3O4S. The fourth-order valence-corrected chi connectivity index (χ4v) is 3.61. The van der Waals surface area contributed by atoms with Crippen molar-refractivity contribution in [1.29, 1.82) is 0 Å². The number of carbonyl (C=O) groups is 1. The quantitative estimate of drug-likeness (QED) is 0.672. The lowest BCUT2D eigenvalue weighted by molar-refractivity contribution is 0.0697. The van der Waals surface area contributed by atoms with Crippen LogP contribution in [0.1, 0.15) is 16.8 Å². The maximum atomic E-state index is 12.2. The van der Waals surface area contributed by atoms with E-state index in [1.807, 2.05) is 11.9 Å². The molecule has 0 aromatic heterocycles. The number of nitrogens with two attached hydrogens (primary N) is 1. The Balaban J connectivity index is 2.23. The molecule has 1 saturated heterocycles. The van der Waals surface area contributed by atoms with Gasteiger partial charge >= 0.3 is 5.97 Å². The molecule has 1 atom stereocenters. The van der Waals surface area contributed by atoms with Crippen LogP contribution in [0, 0.1) is 0 Å². The van der Waals surface area contributed by atoms with Gasteiger partial charge in [-0.3, -0.25) is 0 Å². The number of anilines is 1. The molecule has 110 valence electrons. The Hall–Kier alpha value is -1.64. The summed E-state index contributed by atoms with van der Waals surface area (Å²) in [5.74, 6) is -1.15. The van der Waals surface area contributed by atoms with Crippen LogP contribution in [-0.4, -0.2) is 50.6 Å². The average molecular weight is 299 g/mol. The summed E-state index contributed by atoms with van der Waals surface area (Å²) >= 11 is 0. The number of nitrogen functional groups attached to an aromatic ring is 1. The number of benzene rings is 1. The number of rotatable bonds is 4. The van der Waals surface area contributed by atoms with Crippen LogP contribution in [0.2, 0.25) is 0 Å². The molecule has 4 N–H and O–H groups in total. The Morgan fingerprint density at radius 1 is 1.50 bits per heavy atom.